The standard InChI is InChI=1S/C24H38N4O4/c1-16-13-27(3)17(2)15-32-21-11-10-19(26-24(30)25-18-8-6-7-9-18)12-20(21)23(29)28(4)14-22(16)31-5/h10-12,16-18,22H,6-9,13-15H2,1-5H3,(H2,25,26,30)/t16-,17+,22-/m0/s1. The molecule has 1 saturated carbocycles. The van der Waals surface area contributed by atoms with Gasteiger partial charge in [0.25, 0.3) is 5.91 Å². The van der Waals surface area contributed by atoms with Gasteiger partial charge in [-0.1, -0.05) is 19.8 Å². The van der Waals surface area contributed by atoms with Gasteiger partial charge >= 0.3 is 6.03 Å². The van der Waals surface area contributed by atoms with Crippen molar-refractivity contribution in [2.45, 2.75) is 57.7 Å². The average Bonchev–Trinajstić information content (AvgIpc) is 3.27. The maximum absolute atomic E-state index is 13.3. The number of hydrogen-bond donors (Lipinski definition) is 2. The van der Waals surface area contributed by atoms with E-state index in [9.17, 15) is 9.59 Å². The Morgan fingerprint density at radius 1 is 1.16 bits per heavy atom. The monoisotopic (exact) mass is 446 g/mol. The Kier molecular flexibility index (Phi) is 8.37. The number of urea groups is 1. The van der Waals surface area contributed by atoms with E-state index >= 15 is 0 Å². The second-order valence-corrected chi connectivity index (χ2v) is 9.33. The molecule has 2 N–H and O–H groups in total. The third kappa shape index (κ3) is 6.13. The predicted molar refractivity (Wildman–Crippen MR) is 125 cm³/mol. The van der Waals surface area contributed by atoms with E-state index in [4.69, 9.17) is 9.47 Å². The smallest absolute Gasteiger partial charge is 0.319 e. The van der Waals surface area contributed by atoms with E-state index in [1.807, 2.05) is 0 Å². The highest BCUT2D eigenvalue weighted by Gasteiger charge is 2.27. The fourth-order valence-corrected chi connectivity index (χ4v) is 4.46. The third-order valence-corrected chi connectivity index (χ3v) is 6.70. The van der Waals surface area contributed by atoms with E-state index < -0.39 is 0 Å². The van der Waals surface area contributed by atoms with Gasteiger partial charge in [-0.3, -0.25) is 9.69 Å². The van der Waals surface area contributed by atoms with Gasteiger partial charge in [-0.2, -0.15) is 0 Å². The molecule has 178 valence electrons. The molecule has 1 aromatic rings. The van der Waals surface area contributed by atoms with Crippen LogP contribution in [-0.4, -0.2) is 80.8 Å². The minimum Gasteiger partial charge on any atom is -0.491 e. The fraction of sp³-hybridized carbons (Fsp3) is 0.667. The van der Waals surface area contributed by atoms with Gasteiger partial charge in [0.2, 0.25) is 0 Å². The lowest BCUT2D eigenvalue weighted by molar-refractivity contribution is 0.0150. The van der Waals surface area contributed by atoms with E-state index in [-0.39, 0.29) is 36.0 Å². The summed E-state index contributed by atoms with van der Waals surface area (Å²) in [6, 6.07) is 5.40. The van der Waals surface area contributed by atoms with Crippen LogP contribution in [0.1, 0.15) is 49.9 Å². The normalized spacial score (nSPS) is 26.0. The molecule has 8 nitrogen and oxygen atoms in total. The van der Waals surface area contributed by atoms with Gasteiger partial charge in [-0.25, -0.2) is 4.79 Å². The Hall–Kier alpha value is -2.32. The summed E-state index contributed by atoms with van der Waals surface area (Å²) in [6.07, 6.45) is 4.25. The highest BCUT2D eigenvalue weighted by molar-refractivity contribution is 5.99. The summed E-state index contributed by atoms with van der Waals surface area (Å²) in [5.41, 5.74) is 1.00. The van der Waals surface area contributed by atoms with Crippen LogP contribution in [0.25, 0.3) is 0 Å². The Morgan fingerprint density at radius 3 is 2.56 bits per heavy atom. The molecule has 32 heavy (non-hydrogen) atoms. The highest BCUT2D eigenvalue weighted by atomic mass is 16.5. The van der Waals surface area contributed by atoms with E-state index in [2.05, 4.69) is 36.4 Å². The number of ether oxygens (including phenoxy) is 2. The minimum absolute atomic E-state index is 0.0825. The molecule has 0 saturated heterocycles. The Labute approximate surface area is 191 Å². The van der Waals surface area contributed by atoms with Gasteiger partial charge in [0.15, 0.2) is 0 Å². The summed E-state index contributed by atoms with van der Waals surface area (Å²) in [4.78, 5) is 29.7. The van der Waals surface area contributed by atoms with Gasteiger partial charge < -0.3 is 25.0 Å². The van der Waals surface area contributed by atoms with Crippen LogP contribution in [-0.2, 0) is 4.74 Å². The number of nitrogens with zero attached hydrogens (tertiary/aromatic N) is 2. The van der Waals surface area contributed by atoms with Gasteiger partial charge in [0, 0.05) is 45.0 Å². The molecule has 1 aliphatic carbocycles. The first kappa shape index (κ1) is 24.3. The van der Waals surface area contributed by atoms with Crippen LogP contribution in [0, 0.1) is 5.92 Å². The minimum atomic E-state index is -0.241. The first-order valence-electron chi connectivity index (χ1n) is 11.6. The Morgan fingerprint density at radius 2 is 1.88 bits per heavy atom. The summed E-state index contributed by atoms with van der Waals surface area (Å²) < 4.78 is 11.8. The van der Waals surface area contributed by atoms with Crippen LogP contribution in [0.4, 0.5) is 10.5 Å². The number of carbonyl (C=O) groups excluding carboxylic acids is 2. The zero-order valence-electron chi connectivity index (χ0n) is 20.0. The molecule has 2 aliphatic rings. The molecule has 0 radical (unpaired) electrons. The maximum atomic E-state index is 13.3. The number of benzene rings is 1. The average molecular weight is 447 g/mol. The van der Waals surface area contributed by atoms with Gasteiger partial charge in [-0.15, -0.1) is 0 Å². The molecule has 3 rings (SSSR count). The lowest BCUT2D eigenvalue weighted by Crippen LogP contribution is -2.45. The van der Waals surface area contributed by atoms with Crippen LogP contribution < -0.4 is 15.4 Å². The van der Waals surface area contributed by atoms with Gasteiger partial charge in [0.1, 0.15) is 12.4 Å². The second-order valence-electron chi connectivity index (χ2n) is 9.33. The number of hydrogen-bond acceptors (Lipinski definition) is 5. The molecule has 0 aromatic heterocycles. The number of anilines is 1. The summed E-state index contributed by atoms with van der Waals surface area (Å²) in [5.74, 6) is 0.607. The third-order valence-electron chi connectivity index (χ3n) is 6.70. The van der Waals surface area contributed by atoms with E-state index in [1.165, 1.54) is 0 Å². The zero-order valence-corrected chi connectivity index (χ0v) is 20.0. The number of carbonyl (C=O) groups is 2. The first-order valence-corrected chi connectivity index (χ1v) is 11.6. The summed E-state index contributed by atoms with van der Waals surface area (Å²) in [5, 5.41) is 5.89. The Bertz CT molecular complexity index is 796. The molecule has 1 aromatic carbocycles. The van der Waals surface area contributed by atoms with Crippen molar-refractivity contribution in [2.24, 2.45) is 5.92 Å². The van der Waals surface area contributed by atoms with Crippen molar-refractivity contribution in [3.63, 3.8) is 0 Å². The molecule has 3 atom stereocenters. The highest BCUT2D eigenvalue weighted by Crippen LogP contribution is 2.26. The molecule has 8 heteroatoms. The second kappa shape index (κ2) is 11.0. The predicted octanol–water partition coefficient (Wildman–Crippen LogP) is 3.19. The maximum Gasteiger partial charge on any atom is 0.319 e. The quantitative estimate of drug-likeness (QED) is 0.745. The van der Waals surface area contributed by atoms with Crippen LogP contribution >= 0.6 is 0 Å². The molecule has 1 heterocycles. The van der Waals surface area contributed by atoms with E-state index in [0.717, 1.165) is 32.2 Å². The van der Waals surface area contributed by atoms with E-state index in [0.29, 0.717) is 30.2 Å². The number of amides is 3. The molecule has 0 bridgehead atoms. The number of methoxy groups -OCH3 is 1. The van der Waals surface area contributed by atoms with Crippen LogP contribution in [0.15, 0.2) is 18.2 Å². The van der Waals surface area contributed by atoms with E-state index in [1.54, 1.807) is 37.3 Å². The summed E-state index contributed by atoms with van der Waals surface area (Å²) in [6.45, 7) is 6.02. The lowest BCUT2D eigenvalue weighted by Gasteiger charge is -2.34. The number of fused-ring (bicyclic) bond motifs is 1. The molecule has 1 aliphatic heterocycles. The van der Waals surface area contributed by atoms with Crippen molar-refractivity contribution in [1.29, 1.82) is 0 Å². The zero-order chi connectivity index (χ0) is 23.3. The van der Waals surface area contributed by atoms with Crippen molar-refractivity contribution >= 4 is 17.6 Å². The van der Waals surface area contributed by atoms with Crippen molar-refractivity contribution in [3.05, 3.63) is 23.8 Å². The molecule has 0 unspecified atom stereocenters. The lowest BCUT2D eigenvalue weighted by atomic mass is 10.0. The topological polar surface area (TPSA) is 83.1 Å². The molecule has 0 spiro atoms. The van der Waals surface area contributed by atoms with Gasteiger partial charge in [0.05, 0.1) is 11.7 Å². The number of rotatable bonds is 3. The molecule has 1 fully saturated rings. The van der Waals surface area contributed by atoms with Crippen LogP contribution in [0.5, 0.6) is 5.75 Å². The molecular formula is C24H38N4O4. The number of nitrogens with one attached hydrogen (secondary N) is 2. The molecule has 3 amide bonds. The van der Waals surface area contributed by atoms with Gasteiger partial charge in [-0.05, 0) is 50.9 Å². The van der Waals surface area contributed by atoms with Crippen LogP contribution in [0.2, 0.25) is 0 Å². The Balaban J connectivity index is 1.82. The number of likely N-dealkylation sites (N-methyl/N-ethyl adjacent to an activating group) is 2. The fourth-order valence-electron chi connectivity index (χ4n) is 4.46. The van der Waals surface area contributed by atoms with Crippen molar-refractivity contribution in [2.75, 3.05) is 46.2 Å². The van der Waals surface area contributed by atoms with Crippen molar-refractivity contribution < 1.29 is 19.1 Å². The van der Waals surface area contributed by atoms with Crippen LogP contribution in [0.3, 0.4) is 0 Å². The molecular weight excluding hydrogens is 408 g/mol. The first-order chi connectivity index (χ1) is 15.3. The van der Waals surface area contributed by atoms with Crippen molar-refractivity contribution in [1.82, 2.24) is 15.1 Å². The SMILES string of the molecule is CO[C@H]1CN(C)C(=O)c2cc(NC(=O)NC3CCCC3)ccc2OC[C@@H](C)N(C)C[C@@H]1C. The summed E-state index contributed by atoms with van der Waals surface area (Å²) in [7, 11) is 5.54. The van der Waals surface area contributed by atoms with Crippen molar-refractivity contribution in [3.8, 4) is 5.75 Å². The largest absolute Gasteiger partial charge is 0.491 e. The summed E-state index contributed by atoms with van der Waals surface area (Å²) >= 11 is 0.